The highest BCUT2D eigenvalue weighted by molar-refractivity contribution is 9.10. The standard InChI is InChI=1S/C24H16BrFN2O4/c1-13-21(22(29)27-20-10-7-14(24(31)32)11-19(20)26)18-12-15(25)8-9-17(18)23(30)28(13)16-5-3-2-4-6-16/h2-12H,1H3,(H,27,29)(H,31,32). The number of halogens is 2. The minimum atomic E-state index is -1.27. The Hall–Kier alpha value is -3.78. The first-order valence-corrected chi connectivity index (χ1v) is 10.3. The predicted octanol–water partition coefficient (Wildman–Crippen LogP) is 5.15. The van der Waals surface area contributed by atoms with Crippen molar-refractivity contribution >= 4 is 44.3 Å². The van der Waals surface area contributed by atoms with Crippen LogP contribution in [0.25, 0.3) is 16.5 Å². The van der Waals surface area contributed by atoms with Crippen molar-refractivity contribution < 1.29 is 19.1 Å². The molecular weight excluding hydrogens is 479 g/mol. The summed E-state index contributed by atoms with van der Waals surface area (Å²) < 4.78 is 16.5. The van der Waals surface area contributed by atoms with E-state index < -0.39 is 17.7 Å². The predicted molar refractivity (Wildman–Crippen MR) is 123 cm³/mol. The number of amides is 1. The third kappa shape index (κ3) is 3.80. The molecule has 2 N–H and O–H groups in total. The molecule has 0 saturated carbocycles. The van der Waals surface area contributed by atoms with Gasteiger partial charge in [-0.15, -0.1) is 0 Å². The van der Waals surface area contributed by atoms with E-state index in [4.69, 9.17) is 5.11 Å². The summed E-state index contributed by atoms with van der Waals surface area (Å²) in [4.78, 5) is 37.6. The molecule has 1 amide bonds. The highest BCUT2D eigenvalue weighted by Gasteiger charge is 2.22. The smallest absolute Gasteiger partial charge is 0.335 e. The molecule has 0 unspecified atom stereocenters. The Morgan fingerprint density at radius 1 is 1.00 bits per heavy atom. The molecule has 0 bridgehead atoms. The number of para-hydroxylation sites is 1. The summed E-state index contributed by atoms with van der Waals surface area (Å²) >= 11 is 3.37. The van der Waals surface area contributed by atoms with E-state index >= 15 is 0 Å². The number of pyridine rings is 1. The molecule has 0 spiro atoms. The van der Waals surface area contributed by atoms with Crippen LogP contribution in [-0.2, 0) is 0 Å². The first-order valence-electron chi connectivity index (χ1n) is 9.52. The van der Waals surface area contributed by atoms with Crippen molar-refractivity contribution in [3.8, 4) is 5.69 Å². The molecule has 0 saturated heterocycles. The fraction of sp³-hybridized carbons (Fsp3) is 0.0417. The molecule has 4 rings (SSSR count). The monoisotopic (exact) mass is 494 g/mol. The van der Waals surface area contributed by atoms with Crippen molar-refractivity contribution in [3.63, 3.8) is 0 Å². The first kappa shape index (κ1) is 21.5. The van der Waals surface area contributed by atoms with Gasteiger partial charge in [0.1, 0.15) is 5.82 Å². The van der Waals surface area contributed by atoms with Gasteiger partial charge in [0.05, 0.1) is 16.8 Å². The van der Waals surface area contributed by atoms with Gasteiger partial charge in [-0.25, -0.2) is 9.18 Å². The SMILES string of the molecule is Cc1c(C(=O)Nc2ccc(C(=O)O)cc2F)c2cc(Br)ccc2c(=O)n1-c1ccccc1. The second-order valence-electron chi connectivity index (χ2n) is 7.08. The molecule has 0 aliphatic heterocycles. The molecule has 6 nitrogen and oxygen atoms in total. The molecular formula is C24H16BrFN2O4. The van der Waals surface area contributed by atoms with Gasteiger partial charge < -0.3 is 10.4 Å². The highest BCUT2D eigenvalue weighted by Crippen LogP contribution is 2.27. The summed E-state index contributed by atoms with van der Waals surface area (Å²) in [5.41, 5.74) is 0.484. The number of nitrogens with one attached hydrogen (secondary N) is 1. The molecule has 0 radical (unpaired) electrons. The van der Waals surface area contributed by atoms with E-state index in [0.29, 0.717) is 26.6 Å². The minimum absolute atomic E-state index is 0.167. The number of benzene rings is 3. The number of nitrogens with zero attached hydrogens (tertiary/aromatic N) is 1. The van der Waals surface area contributed by atoms with Crippen molar-refractivity contribution in [2.24, 2.45) is 0 Å². The van der Waals surface area contributed by atoms with E-state index in [1.165, 1.54) is 16.7 Å². The van der Waals surface area contributed by atoms with Gasteiger partial charge in [0, 0.05) is 26.6 Å². The Kier molecular flexibility index (Phi) is 5.63. The number of carbonyl (C=O) groups is 2. The molecule has 1 heterocycles. The summed E-state index contributed by atoms with van der Waals surface area (Å²) in [6, 6.07) is 17.1. The summed E-state index contributed by atoms with van der Waals surface area (Å²) in [6.07, 6.45) is 0. The Bertz CT molecular complexity index is 1450. The van der Waals surface area contributed by atoms with Gasteiger partial charge in [-0.1, -0.05) is 34.1 Å². The van der Waals surface area contributed by atoms with Gasteiger partial charge in [-0.2, -0.15) is 0 Å². The lowest BCUT2D eigenvalue weighted by Gasteiger charge is -2.17. The van der Waals surface area contributed by atoms with Gasteiger partial charge in [-0.05, 0) is 55.5 Å². The van der Waals surface area contributed by atoms with Crippen LogP contribution < -0.4 is 10.9 Å². The third-order valence-electron chi connectivity index (χ3n) is 5.09. The number of hydrogen-bond acceptors (Lipinski definition) is 3. The van der Waals surface area contributed by atoms with Gasteiger partial charge in [0.2, 0.25) is 0 Å². The molecule has 0 atom stereocenters. The molecule has 4 aromatic rings. The lowest BCUT2D eigenvalue weighted by molar-refractivity contribution is 0.0696. The average Bonchev–Trinajstić information content (AvgIpc) is 2.75. The van der Waals surface area contributed by atoms with E-state index in [1.807, 2.05) is 6.07 Å². The van der Waals surface area contributed by atoms with Crippen molar-refractivity contribution in [3.05, 3.63) is 104 Å². The number of rotatable bonds is 4. The maximum absolute atomic E-state index is 14.4. The fourth-order valence-corrected chi connectivity index (χ4v) is 3.96. The number of carboxylic acid groups (broad SMARTS) is 1. The normalized spacial score (nSPS) is 10.8. The molecule has 0 fully saturated rings. The number of anilines is 1. The Balaban J connectivity index is 1.91. The number of carbonyl (C=O) groups excluding carboxylic acids is 1. The maximum Gasteiger partial charge on any atom is 0.335 e. The van der Waals surface area contributed by atoms with Crippen LogP contribution in [0, 0.1) is 12.7 Å². The van der Waals surface area contributed by atoms with Gasteiger partial charge in [0.25, 0.3) is 11.5 Å². The summed E-state index contributed by atoms with van der Waals surface area (Å²) in [5, 5.41) is 12.3. The molecule has 0 aliphatic carbocycles. The zero-order chi connectivity index (χ0) is 23.0. The first-order chi connectivity index (χ1) is 15.3. The van der Waals surface area contributed by atoms with Crippen molar-refractivity contribution in [1.82, 2.24) is 4.57 Å². The molecule has 1 aromatic heterocycles. The van der Waals surface area contributed by atoms with Crippen LogP contribution in [0.3, 0.4) is 0 Å². The summed E-state index contributed by atoms with van der Waals surface area (Å²) in [5.74, 6) is -2.78. The third-order valence-corrected chi connectivity index (χ3v) is 5.58. The van der Waals surface area contributed by atoms with Crippen LogP contribution in [0.4, 0.5) is 10.1 Å². The number of aromatic carboxylic acids is 1. The van der Waals surface area contributed by atoms with Crippen LogP contribution in [0.2, 0.25) is 0 Å². The Morgan fingerprint density at radius 3 is 2.38 bits per heavy atom. The number of aromatic nitrogens is 1. The van der Waals surface area contributed by atoms with Crippen molar-refractivity contribution in [2.75, 3.05) is 5.32 Å². The highest BCUT2D eigenvalue weighted by atomic mass is 79.9. The van der Waals surface area contributed by atoms with E-state index in [2.05, 4.69) is 21.2 Å². The molecule has 3 aromatic carbocycles. The van der Waals surface area contributed by atoms with Crippen LogP contribution in [-0.4, -0.2) is 21.6 Å². The minimum Gasteiger partial charge on any atom is -0.478 e. The van der Waals surface area contributed by atoms with E-state index in [0.717, 1.165) is 6.07 Å². The Labute approximate surface area is 190 Å². The molecule has 8 heteroatoms. The molecule has 160 valence electrons. The molecule has 32 heavy (non-hydrogen) atoms. The lowest BCUT2D eigenvalue weighted by atomic mass is 10.0. The van der Waals surface area contributed by atoms with E-state index in [9.17, 15) is 18.8 Å². The second kappa shape index (κ2) is 8.39. The fourth-order valence-electron chi connectivity index (χ4n) is 3.60. The second-order valence-corrected chi connectivity index (χ2v) is 8.00. The van der Waals surface area contributed by atoms with Crippen molar-refractivity contribution in [1.29, 1.82) is 0 Å². The zero-order valence-electron chi connectivity index (χ0n) is 16.7. The zero-order valence-corrected chi connectivity index (χ0v) is 18.3. The summed E-state index contributed by atoms with van der Waals surface area (Å²) in [6.45, 7) is 1.65. The van der Waals surface area contributed by atoms with Crippen molar-refractivity contribution in [2.45, 2.75) is 6.92 Å². The summed E-state index contributed by atoms with van der Waals surface area (Å²) in [7, 11) is 0. The van der Waals surface area contributed by atoms with Gasteiger partial charge in [-0.3, -0.25) is 14.2 Å². The maximum atomic E-state index is 14.4. The van der Waals surface area contributed by atoms with Crippen LogP contribution >= 0.6 is 15.9 Å². The Morgan fingerprint density at radius 2 is 1.72 bits per heavy atom. The van der Waals surface area contributed by atoms with Gasteiger partial charge in [0.15, 0.2) is 0 Å². The topological polar surface area (TPSA) is 88.4 Å². The lowest BCUT2D eigenvalue weighted by Crippen LogP contribution is -2.26. The number of fused-ring (bicyclic) bond motifs is 1. The van der Waals surface area contributed by atoms with Gasteiger partial charge >= 0.3 is 5.97 Å². The molecule has 0 aliphatic rings. The largest absolute Gasteiger partial charge is 0.478 e. The van der Waals surface area contributed by atoms with Crippen LogP contribution in [0.1, 0.15) is 26.4 Å². The number of carboxylic acids is 1. The van der Waals surface area contributed by atoms with E-state index in [-0.39, 0.29) is 22.4 Å². The van der Waals surface area contributed by atoms with Crippen LogP contribution in [0.5, 0.6) is 0 Å². The average molecular weight is 495 g/mol. The number of hydrogen-bond donors (Lipinski definition) is 2. The van der Waals surface area contributed by atoms with E-state index in [1.54, 1.807) is 49.4 Å². The van der Waals surface area contributed by atoms with Crippen LogP contribution in [0.15, 0.2) is 76.0 Å². The quantitative estimate of drug-likeness (QED) is 0.410.